The smallest absolute Gasteiger partial charge is 0.434 e. The van der Waals surface area contributed by atoms with Crippen LogP contribution in [0.25, 0.3) is 0 Å². The fourth-order valence-corrected chi connectivity index (χ4v) is 3.29. The Bertz CT molecular complexity index is 866. The van der Waals surface area contributed by atoms with Crippen LogP contribution < -0.4 is 9.47 Å². The highest BCUT2D eigenvalue weighted by molar-refractivity contribution is 5.60. The Morgan fingerprint density at radius 1 is 0.765 bits per heavy atom. The van der Waals surface area contributed by atoms with Crippen molar-refractivity contribution in [3.63, 3.8) is 0 Å². The van der Waals surface area contributed by atoms with Crippen molar-refractivity contribution in [3.8, 4) is 11.5 Å². The van der Waals surface area contributed by atoms with Gasteiger partial charge in [-0.25, -0.2) is 4.79 Å². The Kier molecular flexibility index (Phi) is 10.4. The summed E-state index contributed by atoms with van der Waals surface area (Å²) < 4.78 is 68.8. The third-order valence-corrected chi connectivity index (χ3v) is 4.66. The van der Waals surface area contributed by atoms with Crippen LogP contribution in [0.3, 0.4) is 0 Å². The molecule has 0 fully saturated rings. The Balaban J connectivity index is 1.89. The van der Waals surface area contributed by atoms with Crippen molar-refractivity contribution in [1.82, 2.24) is 0 Å². The molecule has 0 radical (unpaired) electrons. The molecule has 0 aromatic heterocycles. The van der Waals surface area contributed by atoms with E-state index in [9.17, 15) is 32.6 Å². The third-order valence-electron chi connectivity index (χ3n) is 4.66. The molecule has 2 aromatic rings. The number of carbonyl (C=O) groups excluding carboxylic acids is 1. The molecule has 0 aliphatic carbocycles. The van der Waals surface area contributed by atoms with E-state index in [4.69, 9.17) is 9.47 Å². The summed E-state index contributed by atoms with van der Waals surface area (Å²) in [7, 11) is 0. The maximum atomic E-state index is 12.4. The van der Waals surface area contributed by atoms with Gasteiger partial charge in [-0.05, 0) is 49.2 Å². The molecule has 2 unspecified atom stereocenters. The Labute approximate surface area is 193 Å². The van der Waals surface area contributed by atoms with Gasteiger partial charge in [-0.2, -0.15) is 17.6 Å². The Morgan fingerprint density at radius 2 is 1.15 bits per heavy atom. The summed E-state index contributed by atoms with van der Waals surface area (Å²) in [6.45, 7) is -3.81. The number of benzene rings is 2. The monoisotopic (exact) mass is 490 g/mol. The number of ether oxygens (including phenoxy) is 4. The molecule has 7 nitrogen and oxygen atoms in total. The molecule has 2 rings (SSSR count). The molecule has 0 heterocycles. The molecule has 2 N–H and O–H groups in total. The molecule has 0 aliphatic heterocycles. The molecule has 0 saturated carbocycles. The van der Waals surface area contributed by atoms with E-state index in [0.717, 1.165) is 0 Å². The first-order valence-electron chi connectivity index (χ1n) is 10.3. The normalized spacial score (nSPS) is 13.0. The van der Waals surface area contributed by atoms with Crippen LogP contribution in [-0.4, -0.2) is 41.8 Å². The number of halogens is 4. The lowest BCUT2D eigenvalue weighted by atomic mass is 10.0. The summed E-state index contributed by atoms with van der Waals surface area (Å²) >= 11 is 0. The van der Waals surface area contributed by atoms with Crippen LogP contribution in [-0.2, 0) is 35.5 Å². The molecule has 0 amide bonds. The van der Waals surface area contributed by atoms with Gasteiger partial charge in [0.2, 0.25) is 0 Å². The van der Waals surface area contributed by atoms with Gasteiger partial charge in [0.25, 0.3) is 0 Å². The van der Waals surface area contributed by atoms with Crippen molar-refractivity contribution >= 4 is 6.16 Å². The lowest BCUT2D eigenvalue weighted by Gasteiger charge is -2.18. The minimum atomic E-state index is -3.02. The van der Waals surface area contributed by atoms with E-state index in [-0.39, 0.29) is 35.5 Å². The number of hydrogen-bond donors (Lipinski definition) is 2. The molecule has 0 bridgehead atoms. The van der Waals surface area contributed by atoms with Crippen LogP contribution in [0.5, 0.6) is 11.5 Å². The zero-order chi connectivity index (χ0) is 25.3. The largest absolute Gasteiger partial charge is 0.508 e. The van der Waals surface area contributed by atoms with Crippen LogP contribution >= 0.6 is 0 Å². The predicted octanol–water partition coefficient (Wildman–Crippen LogP) is 4.59. The SMILES string of the molecule is CC(Cc1ccc(OC(F)F)c(CO)c1)OC(=O)OC(C)Cc1ccc(OC(F)F)c(CO)c1. The zero-order valence-electron chi connectivity index (χ0n) is 18.5. The van der Waals surface area contributed by atoms with Gasteiger partial charge in [-0.3, -0.25) is 0 Å². The van der Waals surface area contributed by atoms with Gasteiger partial charge in [0, 0.05) is 24.0 Å². The summed E-state index contributed by atoms with van der Waals surface area (Å²) in [5.74, 6) is -0.276. The summed E-state index contributed by atoms with van der Waals surface area (Å²) in [6, 6.07) is 8.60. The van der Waals surface area contributed by atoms with Crippen molar-refractivity contribution in [2.75, 3.05) is 0 Å². The summed E-state index contributed by atoms with van der Waals surface area (Å²) in [5.41, 5.74) is 1.60. The molecule has 34 heavy (non-hydrogen) atoms. The minimum absolute atomic E-state index is 0.138. The van der Waals surface area contributed by atoms with Crippen LogP contribution in [0.1, 0.15) is 36.1 Å². The number of hydrogen-bond acceptors (Lipinski definition) is 7. The Morgan fingerprint density at radius 3 is 1.47 bits per heavy atom. The van der Waals surface area contributed by atoms with Gasteiger partial charge in [0.1, 0.15) is 23.7 Å². The molecular formula is C23H26F4O7. The second-order valence-electron chi connectivity index (χ2n) is 7.47. The van der Waals surface area contributed by atoms with Crippen molar-refractivity contribution in [2.45, 2.75) is 65.3 Å². The highest BCUT2D eigenvalue weighted by atomic mass is 19.3. The molecule has 0 aliphatic rings. The second-order valence-corrected chi connectivity index (χ2v) is 7.47. The number of aliphatic hydroxyl groups is 2. The first-order valence-corrected chi connectivity index (χ1v) is 10.3. The van der Waals surface area contributed by atoms with E-state index in [0.29, 0.717) is 11.1 Å². The summed E-state index contributed by atoms with van der Waals surface area (Å²) in [5, 5.41) is 18.7. The van der Waals surface area contributed by atoms with E-state index in [2.05, 4.69) is 9.47 Å². The number of rotatable bonds is 12. The first kappa shape index (κ1) is 27.2. The Hall–Kier alpha value is -3.05. The first-order chi connectivity index (χ1) is 16.1. The minimum Gasteiger partial charge on any atom is -0.434 e. The van der Waals surface area contributed by atoms with Crippen molar-refractivity contribution < 1.29 is 51.5 Å². The van der Waals surface area contributed by atoms with Crippen molar-refractivity contribution in [3.05, 3.63) is 58.7 Å². The standard InChI is InChI=1S/C23H26F4O7/c1-13(7-15-3-5-19(33-21(24)25)17(9-15)11-28)31-23(30)32-14(2)8-16-4-6-20(34-22(26)27)18(10-16)12-29/h3-6,9-10,13-14,21-22,28-29H,7-8,11-12H2,1-2H3. The maximum absolute atomic E-state index is 12.4. The molecule has 2 atom stereocenters. The highest BCUT2D eigenvalue weighted by Crippen LogP contribution is 2.25. The molecule has 11 heteroatoms. The van der Waals surface area contributed by atoms with Gasteiger partial charge in [0.15, 0.2) is 0 Å². The van der Waals surface area contributed by atoms with Crippen LogP contribution in [0.4, 0.5) is 22.4 Å². The topological polar surface area (TPSA) is 94.5 Å². The zero-order valence-corrected chi connectivity index (χ0v) is 18.5. The molecule has 2 aromatic carbocycles. The maximum Gasteiger partial charge on any atom is 0.508 e. The van der Waals surface area contributed by atoms with Crippen LogP contribution in [0.15, 0.2) is 36.4 Å². The third kappa shape index (κ3) is 8.71. The quantitative estimate of drug-likeness (QED) is 0.332. The van der Waals surface area contributed by atoms with Gasteiger partial charge >= 0.3 is 19.4 Å². The molecule has 0 saturated heterocycles. The average Bonchev–Trinajstić information content (AvgIpc) is 2.74. The van der Waals surface area contributed by atoms with E-state index in [1.165, 1.54) is 36.4 Å². The summed E-state index contributed by atoms with van der Waals surface area (Å²) in [6.07, 6.45) is -1.71. The highest BCUT2D eigenvalue weighted by Gasteiger charge is 2.18. The van der Waals surface area contributed by atoms with Crippen LogP contribution in [0, 0.1) is 0 Å². The van der Waals surface area contributed by atoms with E-state index in [1.54, 1.807) is 13.8 Å². The average molecular weight is 490 g/mol. The number of aliphatic hydroxyl groups excluding tert-OH is 2. The predicted molar refractivity (Wildman–Crippen MR) is 112 cm³/mol. The van der Waals surface area contributed by atoms with E-state index < -0.39 is 44.8 Å². The van der Waals surface area contributed by atoms with E-state index >= 15 is 0 Å². The van der Waals surface area contributed by atoms with Gasteiger partial charge in [-0.1, -0.05) is 12.1 Å². The molecule has 188 valence electrons. The lowest BCUT2D eigenvalue weighted by Crippen LogP contribution is -2.23. The fourth-order valence-electron chi connectivity index (χ4n) is 3.29. The fraction of sp³-hybridized carbons (Fsp3) is 0.435. The van der Waals surface area contributed by atoms with Crippen molar-refractivity contribution in [1.29, 1.82) is 0 Å². The molecular weight excluding hydrogens is 464 g/mol. The number of carbonyl (C=O) groups is 1. The lowest BCUT2D eigenvalue weighted by molar-refractivity contribution is -0.0516. The summed E-state index contributed by atoms with van der Waals surface area (Å²) in [4.78, 5) is 12.1. The number of alkyl halides is 4. The van der Waals surface area contributed by atoms with Gasteiger partial charge in [0.05, 0.1) is 13.2 Å². The van der Waals surface area contributed by atoms with Gasteiger partial charge < -0.3 is 29.2 Å². The van der Waals surface area contributed by atoms with Crippen LogP contribution in [0.2, 0.25) is 0 Å². The molecule has 0 spiro atoms. The van der Waals surface area contributed by atoms with Gasteiger partial charge in [-0.15, -0.1) is 0 Å². The van der Waals surface area contributed by atoms with E-state index in [1.807, 2.05) is 0 Å². The second kappa shape index (κ2) is 13.0. The van der Waals surface area contributed by atoms with Crippen molar-refractivity contribution in [2.24, 2.45) is 0 Å².